The molecule has 0 saturated carbocycles. The predicted molar refractivity (Wildman–Crippen MR) is 87.8 cm³/mol. The fraction of sp³-hybridized carbons (Fsp3) is 0.176. The molecule has 2 rings (SSSR count). The third-order valence-electron chi connectivity index (χ3n) is 3.23. The molecule has 0 aromatic heterocycles. The number of nitrogens with zero attached hydrogens (tertiary/aromatic N) is 1. The second-order valence-corrected chi connectivity index (χ2v) is 5.21. The first-order chi connectivity index (χ1) is 11.4. The number of hydrogen-bond donors (Lipinski definition) is 1. The third-order valence-corrected chi connectivity index (χ3v) is 3.23. The van der Waals surface area contributed by atoms with Gasteiger partial charge in [0, 0.05) is 17.8 Å². The number of carbonyl (C=O) groups is 2. The summed E-state index contributed by atoms with van der Waals surface area (Å²) in [7, 11) is 0. The minimum atomic E-state index is -1.04. The number of nitrogens with one attached hydrogen (secondary N) is 1. The van der Waals surface area contributed by atoms with Crippen molar-refractivity contribution in [2.24, 2.45) is 0 Å². The molecule has 0 spiro atoms. The van der Waals surface area contributed by atoms with Crippen molar-refractivity contribution < 1.29 is 19.2 Å². The second-order valence-electron chi connectivity index (χ2n) is 5.21. The van der Waals surface area contributed by atoms with Crippen LogP contribution in [0, 0.1) is 17.0 Å². The highest BCUT2D eigenvalue weighted by molar-refractivity contribution is 5.97. The average molecular weight is 328 g/mol. The molecule has 0 heterocycles. The Hall–Kier alpha value is -3.22. The van der Waals surface area contributed by atoms with Crippen molar-refractivity contribution in [1.82, 2.24) is 0 Å². The fourth-order valence-corrected chi connectivity index (χ4v) is 2.00. The molecule has 1 amide bonds. The van der Waals surface area contributed by atoms with Gasteiger partial charge in [-0.3, -0.25) is 14.9 Å². The first-order valence-corrected chi connectivity index (χ1v) is 7.20. The van der Waals surface area contributed by atoms with Gasteiger partial charge < -0.3 is 10.1 Å². The highest BCUT2D eigenvalue weighted by Crippen LogP contribution is 2.15. The molecule has 2 aromatic carbocycles. The zero-order valence-electron chi connectivity index (χ0n) is 13.2. The predicted octanol–water partition coefficient (Wildman–Crippen LogP) is 3.09. The Balaban J connectivity index is 2.01. The van der Waals surface area contributed by atoms with Crippen LogP contribution in [0.25, 0.3) is 0 Å². The molecule has 1 atom stereocenters. The van der Waals surface area contributed by atoms with Crippen molar-refractivity contribution >= 4 is 23.3 Å². The van der Waals surface area contributed by atoms with Crippen LogP contribution in [-0.4, -0.2) is 22.9 Å². The third kappa shape index (κ3) is 4.39. The van der Waals surface area contributed by atoms with E-state index in [4.69, 9.17) is 4.74 Å². The number of nitro benzene ring substituents is 1. The Kier molecular flexibility index (Phi) is 5.26. The first kappa shape index (κ1) is 17.1. The van der Waals surface area contributed by atoms with E-state index in [1.165, 1.54) is 25.1 Å². The maximum atomic E-state index is 12.1. The standard InChI is InChI=1S/C17H16N2O5/c1-11-5-3-7-14(9-11)18-16(20)12(2)24-17(21)13-6-4-8-15(10-13)19(22)23/h3-10,12H,1-2H3,(H,18,20)/t12-/m1/s1. The molecule has 2 aromatic rings. The molecule has 24 heavy (non-hydrogen) atoms. The zero-order chi connectivity index (χ0) is 17.7. The summed E-state index contributed by atoms with van der Waals surface area (Å²) in [6.45, 7) is 3.32. The van der Waals surface area contributed by atoms with E-state index in [1.54, 1.807) is 18.2 Å². The number of nitro groups is 1. The lowest BCUT2D eigenvalue weighted by molar-refractivity contribution is -0.384. The molecule has 0 saturated heterocycles. The van der Waals surface area contributed by atoms with E-state index < -0.39 is 22.9 Å². The molecule has 124 valence electrons. The van der Waals surface area contributed by atoms with Crippen molar-refractivity contribution in [2.45, 2.75) is 20.0 Å². The first-order valence-electron chi connectivity index (χ1n) is 7.20. The minimum Gasteiger partial charge on any atom is -0.449 e. The normalized spacial score (nSPS) is 11.4. The zero-order valence-corrected chi connectivity index (χ0v) is 13.2. The van der Waals surface area contributed by atoms with Crippen LogP contribution in [0.3, 0.4) is 0 Å². The van der Waals surface area contributed by atoms with E-state index in [1.807, 2.05) is 13.0 Å². The molecule has 0 radical (unpaired) electrons. The van der Waals surface area contributed by atoms with Crippen LogP contribution in [0.5, 0.6) is 0 Å². The van der Waals surface area contributed by atoms with Gasteiger partial charge in [0.2, 0.25) is 0 Å². The number of aryl methyl sites for hydroxylation is 1. The number of anilines is 1. The summed E-state index contributed by atoms with van der Waals surface area (Å²) in [4.78, 5) is 34.2. The van der Waals surface area contributed by atoms with Crippen molar-refractivity contribution in [3.05, 3.63) is 69.8 Å². The Morgan fingerprint density at radius 2 is 1.88 bits per heavy atom. The van der Waals surface area contributed by atoms with E-state index in [0.29, 0.717) is 5.69 Å². The van der Waals surface area contributed by atoms with E-state index in [9.17, 15) is 19.7 Å². The average Bonchev–Trinajstić information content (AvgIpc) is 2.54. The van der Waals surface area contributed by atoms with Gasteiger partial charge in [-0.05, 0) is 37.6 Å². The number of amides is 1. The van der Waals surface area contributed by atoms with E-state index in [-0.39, 0.29) is 11.3 Å². The topological polar surface area (TPSA) is 98.5 Å². The van der Waals surface area contributed by atoms with E-state index >= 15 is 0 Å². The summed E-state index contributed by atoms with van der Waals surface area (Å²) >= 11 is 0. The molecule has 7 heteroatoms. The number of benzene rings is 2. The van der Waals surface area contributed by atoms with Gasteiger partial charge in [0.1, 0.15) is 0 Å². The molecule has 0 aliphatic heterocycles. The van der Waals surface area contributed by atoms with Gasteiger partial charge in [-0.25, -0.2) is 4.79 Å². The lowest BCUT2D eigenvalue weighted by Crippen LogP contribution is -2.30. The monoisotopic (exact) mass is 328 g/mol. The Morgan fingerprint density at radius 1 is 1.17 bits per heavy atom. The van der Waals surface area contributed by atoms with Gasteiger partial charge in [-0.1, -0.05) is 18.2 Å². The maximum Gasteiger partial charge on any atom is 0.339 e. The van der Waals surface area contributed by atoms with Gasteiger partial charge in [0.25, 0.3) is 11.6 Å². The van der Waals surface area contributed by atoms with Gasteiger partial charge in [0.15, 0.2) is 6.10 Å². The summed E-state index contributed by atoms with van der Waals surface area (Å²) in [6.07, 6.45) is -1.04. The largest absolute Gasteiger partial charge is 0.449 e. The van der Waals surface area contributed by atoms with Gasteiger partial charge in [-0.2, -0.15) is 0 Å². The van der Waals surface area contributed by atoms with Crippen LogP contribution in [-0.2, 0) is 9.53 Å². The number of carbonyl (C=O) groups excluding carboxylic acids is 2. The van der Waals surface area contributed by atoms with Crippen molar-refractivity contribution in [1.29, 1.82) is 0 Å². The number of rotatable bonds is 5. The molecule has 7 nitrogen and oxygen atoms in total. The molecule has 1 N–H and O–H groups in total. The van der Waals surface area contributed by atoms with Crippen LogP contribution in [0.2, 0.25) is 0 Å². The molecule has 0 aliphatic rings. The molecule has 0 fully saturated rings. The molecular formula is C17H16N2O5. The van der Waals surface area contributed by atoms with E-state index in [0.717, 1.165) is 11.6 Å². The lowest BCUT2D eigenvalue weighted by Gasteiger charge is -2.13. The summed E-state index contributed by atoms with van der Waals surface area (Å²) in [5.41, 5.74) is 1.37. The van der Waals surface area contributed by atoms with Gasteiger partial charge in [-0.15, -0.1) is 0 Å². The Bertz CT molecular complexity index is 788. The number of esters is 1. The second kappa shape index (κ2) is 7.36. The Morgan fingerprint density at radius 3 is 2.54 bits per heavy atom. The quantitative estimate of drug-likeness (QED) is 0.516. The van der Waals surface area contributed by atoms with Gasteiger partial charge >= 0.3 is 5.97 Å². The van der Waals surface area contributed by atoms with Crippen molar-refractivity contribution in [2.75, 3.05) is 5.32 Å². The SMILES string of the molecule is Cc1cccc(NC(=O)[C@@H](C)OC(=O)c2cccc([N+](=O)[O-])c2)c1. The maximum absolute atomic E-state index is 12.1. The van der Waals surface area contributed by atoms with Crippen LogP contribution in [0.4, 0.5) is 11.4 Å². The van der Waals surface area contributed by atoms with Crippen LogP contribution in [0.1, 0.15) is 22.8 Å². The number of hydrogen-bond acceptors (Lipinski definition) is 5. The lowest BCUT2D eigenvalue weighted by atomic mass is 10.2. The number of ether oxygens (including phenoxy) is 1. The van der Waals surface area contributed by atoms with E-state index in [2.05, 4.69) is 5.32 Å². The van der Waals surface area contributed by atoms with Crippen LogP contribution in [0.15, 0.2) is 48.5 Å². The molecular weight excluding hydrogens is 312 g/mol. The fourth-order valence-electron chi connectivity index (χ4n) is 2.00. The summed E-state index contributed by atoms with van der Waals surface area (Å²) in [5, 5.41) is 13.4. The highest BCUT2D eigenvalue weighted by atomic mass is 16.6. The Labute approximate surface area is 138 Å². The summed E-state index contributed by atoms with van der Waals surface area (Å²) in [5.74, 6) is -1.29. The van der Waals surface area contributed by atoms with Crippen LogP contribution >= 0.6 is 0 Å². The van der Waals surface area contributed by atoms with Crippen molar-refractivity contribution in [3.8, 4) is 0 Å². The summed E-state index contributed by atoms with van der Waals surface area (Å²) < 4.78 is 5.06. The molecule has 0 unspecified atom stereocenters. The molecule has 0 aliphatic carbocycles. The number of non-ortho nitro benzene ring substituents is 1. The summed E-state index contributed by atoms with van der Waals surface area (Å²) in [6, 6.07) is 12.3. The smallest absolute Gasteiger partial charge is 0.339 e. The van der Waals surface area contributed by atoms with Gasteiger partial charge in [0.05, 0.1) is 10.5 Å². The molecule has 0 bridgehead atoms. The minimum absolute atomic E-state index is 0.0133. The highest BCUT2D eigenvalue weighted by Gasteiger charge is 2.20. The van der Waals surface area contributed by atoms with Crippen molar-refractivity contribution in [3.63, 3.8) is 0 Å². The van der Waals surface area contributed by atoms with Crippen LogP contribution < -0.4 is 5.32 Å².